The Hall–Kier alpha value is -1.55. The number of hydrogen-bond acceptors (Lipinski definition) is 2. The fourth-order valence-corrected chi connectivity index (χ4v) is 2.36. The van der Waals surface area contributed by atoms with Crippen molar-refractivity contribution in [3.63, 3.8) is 0 Å². The zero-order valence-electron chi connectivity index (χ0n) is 10.8. The van der Waals surface area contributed by atoms with Crippen LogP contribution in [0.5, 0.6) is 0 Å². The van der Waals surface area contributed by atoms with Crippen LogP contribution in [0, 0.1) is 0 Å². The number of aliphatic hydroxyl groups is 1. The van der Waals surface area contributed by atoms with Crippen LogP contribution < -0.4 is 5.32 Å². The standard InChI is InChI=1S/C14H20N2O2/c1-16(9-10-17)14(18)15-13-8-4-6-11-5-2-3-7-12(11)13/h4,6,8,17H,2-3,5,7,9-10H2,1H3,(H,15,18). The van der Waals surface area contributed by atoms with Gasteiger partial charge in [0.05, 0.1) is 6.61 Å². The first kappa shape index (κ1) is 12.9. The fraction of sp³-hybridized carbons (Fsp3) is 0.500. The Labute approximate surface area is 108 Å². The Kier molecular flexibility index (Phi) is 4.20. The van der Waals surface area contributed by atoms with E-state index in [9.17, 15) is 4.79 Å². The molecular weight excluding hydrogens is 228 g/mol. The summed E-state index contributed by atoms with van der Waals surface area (Å²) in [4.78, 5) is 13.4. The highest BCUT2D eigenvalue weighted by Gasteiger charge is 2.15. The first-order valence-corrected chi connectivity index (χ1v) is 6.46. The van der Waals surface area contributed by atoms with Gasteiger partial charge in [0.15, 0.2) is 0 Å². The number of urea groups is 1. The molecule has 1 aromatic rings. The molecule has 0 bridgehead atoms. The highest BCUT2D eigenvalue weighted by molar-refractivity contribution is 5.90. The normalized spacial score (nSPS) is 13.9. The zero-order valence-corrected chi connectivity index (χ0v) is 10.8. The van der Waals surface area contributed by atoms with Gasteiger partial charge in [-0.25, -0.2) is 4.79 Å². The highest BCUT2D eigenvalue weighted by Crippen LogP contribution is 2.27. The molecule has 2 amide bonds. The number of hydrogen-bond donors (Lipinski definition) is 2. The molecule has 0 aliphatic heterocycles. The first-order chi connectivity index (χ1) is 8.72. The third-order valence-electron chi connectivity index (χ3n) is 3.42. The number of benzene rings is 1. The van der Waals surface area contributed by atoms with Gasteiger partial charge in [-0.15, -0.1) is 0 Å². The smallest absolute Gasteiger partial charge is 0.321 e. The Balaban J connectivity index is 2.12. The van der Waals surface area contributed by atoms with E-state index in [1.807, 2.05) is 12.1 Å². The second-order valence-electron chi connectivity index (χ2n) is 4.73. The van der Waals surface area contributed by atoms with Crippen LogP contribution in [0.2, 0.25) is 0 Å². The van der Waals surface area contributed by atoms with Gasteiger partial charge < -0.3 is 15.3 Å². The molecule has 4 heteroatoms. The van der Waals surface area contributed by atoms with Crippen LogP contribution in [0.25, 0.3) is 0 Å². The van der Waals surface area contributed by atoms with Gasteiger partial charge in [-0.05, 0) is 42.9 Å². The van der Waals surface area contributed by atoms with Crippen molar-refractivity contribution < 1.29 is 9.90 Å². The van der Waals surface area contributed by atoms with Gasteiger partial charge in [-0.2, -0.15) is 0 Å². The average molecular weight is 248 g/mol. The van der Waals surface area contributed by atoms with E-state index in [0.29, 0.717) is 6.54 Å². The van der Waals surface area contributed by atoms with Crippen LogP contribution in [-0.4, -0.2) is 36.2 Å². The molecule has 0 saturated heterocycles. The lowest BCUT2D eigenvalue weighted by Gasteiger charge is -2.22. The molecule has 1 aliphatic rings. The van der Waals surface area contributed by atoms with Crippen molar-refractivity contribution in [2.45, 2.75) is 25.7 Å². The second kappa shape index (κ2) is 5.87. The molecular formula is C14H20N2O2. The molecule has 18 heavy (non-hydrogen) atoms. The van der Waals surface area contributed by atoms with E-state index in [0.717, 1.165) is 18.5 Å². The number of carbonyl (C=O) groups excluding carboxylic acids is 1. The Bertz CT molecular complexity index is 432. The summed E-state index contributed by atoms with van der Waals surface area (Å²) in [6.45, 7) is 0.331. The molecule has 0 aromatic heterocycles. The number of carbonyl (C=O) groups is 1. The molecule has 0 fully saturated rings. The number of aliphatic hydroxyl groups excluding tert-OH is 1. The van der Waals surface area contributed by atoms with E-state index in [1.165, 1.54) is 28.9 Å². The number of fused-ring (bicyclic) bond motifs is 1. The summed E-state index contributed by atoms with van der Waals surface area (Å²) in [5, 5.41) is 11.8. The van der Waals surface area contributed by atoms with E-state index in [4.69, 9.17) is 5.11 Å². The van der Waals surface area contributed by atoms with Crippen LogP contribution in [0.1, 0.15) is 24.0 Å². The van der Waals surface area contributed by atoms with Crippen molar-refractivity contribution in [1.82, 2.24) is 4.90 Å². The number of likely N-dealkylation sites (N-methyl/N-ethyl adjacent to an activating group) is 1. The topological polar surface area (TPSA) is 52.6 Å². The molecule has 1 aliphatic carbocycles. The number of amides is 2. The largest absolute Gasteiger partial charge is 0.395 e. The van der Waals surface area contributed by atoms with Crippen molar-refractivity contribution in [3.05, 3.63) is 29.3 Å². The van der Waals surface area contributed by atoms with Crippen LogP contribution in [0.15, 0.2) is 18.2 Å². The maximum Gasteiger partial charge on any atom is 0.321 e. The van der Waals surface area contributed by atoms with Crippen molar-refractivity contribution >= 4 is 11.7 Å². The predicted octanol–water partition coefficient (Wildman–Crippen LogP) is 2.02. The van der Waals surface area contributed by atoms with E-state index in [1.54, 1.807) is 7.05 Å². The highest BCUT2D eigenvalue weighted by atomic mass is 16.3. The molecule has 0 atom stereocenters. The van der Waals surface area contributed by atoms with Crippen LogP contribution in [-0.2, 0) is 12.8 Å². The minimum atomic E-state index is -0.164. The summed E-state index contributed by atoms with van der Waals surface area (Å²) in [5.41, 5.74) is 3.54. The van der Waals surface area contributed by atoms with Crippen LogP contribution in [0.4, 0.5) is 10.5 Å². The minimum absolute atomic E-state index is 0.0170. The first-order valence-electron chi connectivity index (χ1n) is 6.46. The van der Waals surface area contributed by atoms with Gasteiger partial charge >= 0.3 is 6.03 Å². The van der Waals surface area contributed by atoms with Gasteiger partial charge in [0.25, 0.3) is 0 Å². The Morgan fingerprint density at radius 3 is 2.94 bits per heavy atom. The zero-order chi connectivity index (χ0) is 13.0. The summed E-state index contributed by atoms with van der Waals surface area (Å²) >= 11 is 0. The van der Waals surface area contributed by atoms with Crippen LogP contribution >= 0.6 is 0 Å². The fourth-order valence-electron chi connectivity index (χ4n) is 2.36. The number of aryl methyl sites for hydroxylation is 1. The van der Waals surface area contributed by atoms with Gasteiger partial charge in [0, 0.05) is 19.3 Å². The van der Waals surface area contributed by atoms with E-state index in [2.05, 4.69) is 11.4 Å². The maximum atomic E-state index is 11.9. The van der Waals surface area contributed by atoms with Crippen molar-refractivity contribution in [1.29, 1.82) is 0 Å². The van der Waals surface area contributed by atoms with Gasteiger partial charge in [-0.1, -0.05) is 12.1 Å². The quantitative estimate of drug-likeness (QED) is 0.860. The Morgan fingerprint density at radius 1 is 1.39 bits per heavy atom. The third kappa shape index (κ3) is 2.82. The van der Waals surface area contributed by atoms with Crippen molar-refractivity contribution in [3.8, 4) is 0 Å². The van der Waals surface area contributed by atoms with Gasteiger partial charge in [0.2, 0.25) is 0 Å². The van der Waals surface area contributed by atoms with Gasteiger partial charge in [0.1, 0.15) is 0 Å². The molecule has 0 spiro atoms. The second-order valence-corrected chi connectivity index (χ2v) is 4.73. The van der Waals surface area contributed by atoms with E-state index >= 15 is 0 Å². The summed E-state index contributed by atoms with van der Waals surface area (Å²) in [7, 11) is 1.68. The number of anilines is 1. The molecule has 1 aromatic carbocycles. The SMILES string of the molecule is CN(CCO)C(=O)Nc1cccc2c1CCCC2. The molecule has 2 rings (SSSR count). The summed E-state index contributed by atoms with van der Waals surface area (Å²) in [6, 6.07) is 5.92. The number of nitrogens with zero attached hydrogens (tertiary/aromatic N) is 1. The minimum Gasteiger partial charge on any atom is -0.395 e. The third-order valence-corrected chi connectivity index (χ3v) is 3.42. The number of rotatable bonds is 3. The summed E-state index contributed by atoms with van der Waals surface area (Å²) in [6.07, 6.45) is 4.56. The summed E-state index contributed by atoms with van der Waals surface area (Å²) in [5.74, 6) is 0. The lowest BCUT2D eigenvalue weighted by molar-refractivity contribution is 0.202. The predicted molar refractivity (Wildman–Crippen MR) is 71.8 cm³/mol. The lowest BCUT2D eigenvalue weighted by atomic mass is 9.90. The van der Waals surface area contributed by atoms with Crippen LogP contribution in [0.3, 0.4) is 0 Å². The lowest BCUT2D eigenvalue weighted by Crippen LogP contribution is -2.33. The molecule has 98 valence electrons. The monoisotopic (exact) mass is 248 g/mol. The molecule has 4 nitrogen and oxygen atoms in total. The van der Waals surface area contributed by atoms with E-state index < -0.39 is 0 Å². The van der Waals surface area contributed by atoms with Crippen molar-refractivity contribution in [2.24, 2.45) is 0 Å². The average Bonchev–Trinajstić information content (AvgIpc) is 2.39. The molecule has 0 saturated carbocycles. The molecule has 0 unspecified atom stereocenters. The molecule has 0 heterocycles. The molecule has 0 radical (unpaired) electrons. The number of nitrogens with one attached hydrogen (secondary N) is 1. The van der Waals surface area contributed by atoms with E-state index in [-0.39, 0.29) is 12.6 Å². The maximum absolute atomic E-state index is 11.9. The van der Waals surface area contributed by atoms with Gasteiger partial charge in [-0.3, -0.25) is 0 Å². The Morgan fingerprint density at radius 2 is 2.17 bits per heavy atom. The summed E-state index contributed by atoms with van der Waals surface area (Å²) < 4.78 is 0. The molecule has 2 N–H and O–H groups in total. The van der Waals surface area contributed by atoms with Crippen molar-refractivity contribution in [2.75, 3.05) is 25.5 Å².